The Morgan fingerprint density at radius 2 is 2.00 bits per heavy atom. The molecular formula is C14H14ClFN2S. The van der Waals surface area contributed by atoms with Crippen molar-refractivity contribution in [2.24, 2.45) is 0 Å². The Kier molecular flexibility index (Phi) is 4.02. The lowest BCUT2D eigenvalue weighted by Crippen LogP contribution is -2.02. The monoisotopic (exact) mass is 296 g/mol. The highest BCUT2D eigenvalue weighted by molar-refractivity contribution is 7.71. The number of hydrogen-bond donors (Lipinski definition) is 1. The van der Waals surface area contributed by atoms with Gasteiger partial charge in [0, 0.05) is 22.1 Å². The number of nitrogens with one attached hydrogen (secondary N) is 1. The molecule has 1 aromatic carbocycles. The number of halogens is 2. The van der Waals surface area contributed by atoms with Gasteiger partial charge in [0.15, 0.2) is 0 Å². The summed E-state index contributed by atoms with van der Waals surface area (Å²) in [4.78, 5) is 7.56. The molecule has 2 aromatic rings. The molecule has 1 aromatic heterocycles. The van der Waals surface area contributed by atoms with E-state index < -0.39 is 0 Å². The molecule has 1 heterocycles. The molecule has 0 aliphatic heterocycles. The van der Waals surface area contributed by atoms with Crippen LogP contribution in [-0.2, 0) is 0 Å². The van der Waals surface area contributed by atoms with Gasteiger partial charge >= 0.3 is 0 Å². The van der Waals surface area contributed by atoms with Crippen LogP contribution in [0.15, 0.2) is 18.2 Å². The molecule has 19 heavy (non-hydrogen) atoms. The first-order chi connectivity index (χ1) is 8.88. The summed E-state index contributed by atoms with van der Waals surface area (Å²) in [5.74, 6) is 0.625. The Bertz CT molecular complexity index is 659. The highest BCUT2D eigenvalue weighted by Gasteiger charge is 2.11. The molecule has 1 N–H and O–H groups in total. The first-order valence-electron chi connectivity index (χ1n) is 5.95. The lowest BCUT2D eigenvalue weighted by molar-refractivity contribution is 0.628. The molecule has 2 nitrogen and oxygen atoms in total. The summed E-state index contributed by atoms with van der Waals surface area (Å²) in [6, 6.07) is 4.42. The van der Waals surface area contributed by atoms with Crippen LogP contribution in [0.4, 0.5) is 4.39 Å². The second-order valence-corrected chi connectivity index (χ2v) is 5.56. The van der Waals surface area contributed by atoms with Crippen LogP contribution in [0.5, 0.6) is 0 Å². The van der Waals surface area contributed by atoms with Crippen LogP contribution in [0, 0.1) is 17.4 Å². The summed E-state index contributed by atoms with van der Waals surface area (Å²) in [6.07, 6.45) is 0. The van der Waals surface area contributed by atoms with Gasteiger partial charge in [0.1, 0.15) is 16.3 Å². The van der Waals surface area contributed by atoms with Gasteiger partial charge in [-0.25, -0.2) is 9.37 Å². The maximum atomic E-state index is 13.5. The smallest absolute Gasteiger partial charge is 0.133 e. The summed E-state index contributed by atoms with van der Waals surface area (Å²) in [7, 11) is 0. The Hall–Kier alpha value is -1.26. The SMILES string of the molecule is Cc1c(-c2cc(F)cc(Cl)c2)[nH]c(C(C)C)nc1=S. The minimum Gasteiger partial charge on any atom is -0.343 e. The Labute approximate surface area is 121 Å². The molecule has 0 aliphatic carbocycles. The zero-order valence-electron chi connectivity index (χ0n) is 10.9. The Morgan fingerprint density at radius 3 is 2.58 bits per heavy atom. The van der Waals surface area contributed by atoms with Gasteiger partial charge in [-0.2, -0.15) is 0 Å². The molecule has 2 rings (SSSR count). The number of aromatic nitrogens is 2. The van der Waals surface area contributed by atoms with Gasteiger partial charge in [-0.3, -0.25) is 0 Å². The molecule has 0 amide bonds. The van der Waals surface area contributed by atoms with E-state index in [-0.39, 0.29) is 11.7 Å². The number of hydrogen-bond acceptors (Lipinski definition) is 2. The number of H-pyrrole nitrogens is 1. The summed E-state index contributed by atoms with van der Waals surface area (Å²) >= 11 is 11.2. The van der Waals surface area contributed by atoms with E-state index in [1.165, 1.54) is 12.1 Å². The number of nitrogens with zero attached hydrogens (tertiary/aromatic N) is 1. The maximum Gasteiger partial charge on any atom is 0.133 e. The molecule has 0 aliphatic rings. The molecule has 0 saturated heterocycles. The molecule has 0 fully saturated rings. The minimum atomic E-state index is -0.371. The molecule has 0 saturated carbocycles. The number of benzene rings is 1. The molecule has 0 atom stereocenters. The van der Waals surface area contributed by atoms with Gasteiger partial charge in [-0.1, -0.05) is 37.7 Å². The predicted molar refractivity (Wildman–Crippen MR) is 78.7 cm³/mol. The van der Waals surface area contributed by atoms with Crippen molar-refractivity contribution >= 4 is 23.8 Å². The second kappa shape index (κ2) is 5.39. The summed E-state index contributed by atoms with van der Waals surface area (Å²) in [6.45, 7) is 5.90. The van der Waals surface area contributed by atoms with E-state index in [4.69, 9.17) is 23.8 Å². The van der Waals surface area contributed by atoms with E-state index in [1.54, 1.807) is 6.07 Å². The van der Waals surface area contributed by atoms with Crippen molar-refractivity contribution in [1.82, 2.24) is 9.97 Å². The lowest BCUT2D eigenvalue weighted by Gasteiger charge is -2.12. The van der Waals surface area contributed by atoms with Gasteiger partial charge in [-0.15, -0.1) is 0 Å². The number of rotatable bonds is 2. The van der Waals surface area contributed by atoms with Crippen molar-refractivity contribution in [2.75, 3.05) is 0 Å². The maximum absolute atomic E-state index is 13.5. The third kappa shape index (κ3) is 3.01. The first kappa shape index (κ1) is 14.2. The molecule has 0 unspecified atom stereocenters. The normalized spacial score (nSPS) is 11.1. The van der Waals surface area contributed by atoms with Crippen molar-refractivity contribution in [3.63, 3.8) is 0 Å². The molecule has 100 valence electrons. The van der Waals surface area contributed by atoms with Crippen molar-refractivity contribution in [3.05, 3.63) is 45.1 Å². The van der Waals surface area contributed by atoms with Crippen molar-refractivity contribution in [3.8, 4) is 11.3 Å². The molecule has 0 spiro atoms. The fourth-order valence-electron chi connectivity index (χ4n) is 1.81. The van der Waals surface area contributed by atoms with Gasteiger partial charge < -0.3 is 4.98 Å². The van der Waals surface area contributed by atoms with Crippen LogP contribution in [-0.4, -0.2) is 9.97 Å². The topological polar surface area (TPSA) is 28.7 Å². The third-order valence-corrected chi connectivity index (χ3v) is 3.48. The molecule has 0 bridgehead atoms. The van der Waals surface area contributed by atoms with Crippen LogP contribution < -0.4 is 0 Å². The lowest BCUT2D eigenvalue weighted by atomic mass is 10.1. The quantitative estimate of drug-likeness (QED) is 0.787. The molecule has 5 heteroatoms. The van der Waals surface area contributed by atoms with E-state index in [9.17, 15) is 4.39 Å². The summed E-state index contributed by atoms with van der Waals surface area (Å²) < 4.78 is 14.0. The number of aromatic amines is 1. The average Bonchev–Trinajstić information content (AvgIpc) is 2.30. The Balaban J connectivity index is 2.70. The van der Waals surface area contributed by atoms with E-state index >= 15 is 0 Å². The van der Waals surface area contributed by atoms with Gasteiger partial charge in [0.2, 0.25) is 0 Å². The van der Waals surface area contributed by atoms with E-state index in [2.05, 4.69) is 9.97 Å². The largest absolute Gasteiger partial charge is 0.343 e. The highest BCUT2D eigenvalue weighted by atomic mass is 35.5. The summed E-state index contributed by atoms with van der Waals surface area (Å²) in [5.41, 5.74) is 2.27. The van der Waals surface area contributed by atoms with Crippen molar-refractivity contribution in [2.45, 2.75) is 26.7 Å². The van der Waals surface area contributed by atoms with E-state index in [1.807, 2.05) is 20.8 Å². The van der Waals surface area contributed by atoms with Gasteiger partial charge in [0.25, 0.3) is 0 Å². The van der Waals surface area contributed by atoms with Crippen LogP contribution in [0.25, 0.3) is 11.3 Å². The van der Waals surface area contributed by atoms with Crippen LogP contribution in [0.2, 0.25) is 5.02 Å². The minimum absolute atomic E-state index is 0.213. The zero-order valence-corrected chi connectivity index (χ0v) is 12.5. The fraction of sp³-hybridized carbons (Fsp3) is 0.286. The Morgan fingerprint density at radius 1 is 1.32 bits per heavy atom. The predicted octanol–water partition coefficient (Wildman–Crippen LogP) is 5.03. The third-order valence-electron chi connectivity index (χ3n) is 2.87. The molecular weight excluding hydrogens is 283 g/mol. The van der Waals surface area contributed by atoms with Crippen molar-refractivity contribution < 1.29 is 4.39 Å². The van der Waals surface area contributed by atoms with Crippen LogP contribution in [0.1, 0.15) is 31.2 Å². The first-order valence-corrected chi connectivity index (χ1v) is 6.74. The fourth-order valence-corrected chi connectivity index (χ4v) is 2.23. The second-order valence-electron chi connectivity index (χ2n) is 4.74. The van der Waals surface area contributed by atoms with Crippen molar-refractivity contribution in [1.29, 1.82) is 0 Å². The summed E-state index contributed by atoms with van der Waals surface area (Å²) in [5, 5.41) is 0.358. The van der Waals surface area contributed by atoms with Crippen LogP contribution >= 0.6 is 23.8 Å². The molecule has 0 radical (unpaired) electrons. The van der Waals surface area contributed by atoms with Gasteiger partial charge in [-0.05, 0) is 25.1 Å². The average molecular weight is 297 g/mol. The standard InChI is InChI=1S/C14H14ClFN2S/c1-7(2)13-17-12(8(3)14(19)18-13)9-4-10(15)6-11(16)5-9/h4-7H,1-3H3,(H,17,18,19). The highest BCUT2D eigenvalue weighted by Crippen LogP contribution is 2.27. The van der Waals surface area contributed by atoms with Crippen LogP contribution in [0.3, 0.4) is 0 Å². The van der Waals surface area contributed by atoms with Gasteiger partial charge in [0.05, 0.1) is 5.69 Å². The van der Waals surface area contributed by atoms with E-state index in [0.717, 1.165) is 17.1 Å². The zero-order chi connectivity index (χ0) is 14.2. The van der Waals surface area contributed by atoms with E-state index in [0.29, 0.717) is 15.2 Å².